The fraction of sp³-hybridized carbons (Fsp3) is 0.111. The molecule has 0 N–H and O–H groups in total. The fourth-order valence-electron chi connectivity index (χ4n) is 1.06. The Balaban J connectivity index is 0.000000845. The Morgan fingerprint density at radius 2 is 2.00 bits per heavy atom. The van der Waals surface area contributed by atoms with Gasteiger partial charge in [0.05, 0.1) is 0 Å². The third-order valence-electron chi connectivity index (χ3n) is 1.63. The van der Waals surface area contributed by atoms with Crippen molar-refractivity contribution in [2.75, 3.05) is 0 Å². The minimum absolute atomic E-state index is 0. The maximum absolute atomic E-state index is 4.15. The molecule has 0 saturated carbocycles. The number of rotatable bonds is 2. The van der Waals surface area contributed by atoms with E-state index < -0.39 is 0 Å². The monoisotopic (exact) mass is 304 g/mol. The third kappa shape index (κ3) is 3.04. The maximum atomic E-state index is 4.15. The molecule has 0 radical (unpaired) electrons. The van der Waals surface area contributed by atoms with E-state index in [1.165, 1.54) is 5.56 Å². The van der Waals surface area contributed by atoms with Crippen molar-refractivity contribution in [2.45, 2.75) is 6.54 Å². The van der Waals surface area contributed by atoms with Gasteiger partial charge in [0.15, 0.2) is 5.51 Å². The van der Waals surface area contributed by atoms with Crippen molar-refractivity contribution in [2.24, 2.45) is 0 Å². The summed E-state index contributed by atoms with van der Waals surface area (Å²) in [6.07, 6.45) is 0. The van der Waals surface area contributed by atoms with E-state index in [2.05, 4.69) is 17.2 Å². The summed E-state index contributed by atoms with van der Waals surface area (Å²) >= 11 is 1.61. The molecule has 0 aliphatic rings. The van der Waals surface area contributed by atoms with Crippen LogP contribution in [0.25, 0.3) is 0 Å². The number of nitrogens with zero attached hydrogens (tertiary/aromatic N) is 2. The molecule has 1 aromatic heterocycles. The van der Waals surface area contributed by atoms with Gasteiger partial charge in [0.1, 0.15) is 0 Å². The molecule has 0 saturated heterocycles. The Hall–Kier alpha value is -0.490. The molecule has 68 valence electrons. The molecule has 1 heterocycles. The summed E-state index contributed by atoms with van der Waals surface area (Å²) < 4.78 is 1.93. The first-order valence-corrected chi connectivity index (χ1v) is 4.71. The molecule has 2 nitrogen and oxygen atoms in total. The van der Waals surface area contributed by atoms with Crippen molar-refractivity contribution in [3.8, 4) is 0 Å². The number of hydrogen-bond donors (Lipinski definition) is 0. The van der Waals surface area contributed by atoms with Crippen LogP contribution in [-0.2, 0) is 6.54 Å². The van der Waals surface area contributed by atoms with Crippen LogP contribution in [0.5, 0.6) is 0 Å². The van der Waals surface area contributed by atoms with Crippen LogP contribution >= 0.6 is 11.3 Å². The van der Waals surface area contributed by atoms with Crippen molar-refractivity contribution < 1.29 is 28.7 Å². The van der Waals surface area contributed by atoms with E-state index in [0.717, 1.165) is 6.54 Å². The Morgan fingerprint density at radius 1 is 1.23 bits per heavy atom. The highest BCUT2D eigenvalue weighted by Gasteiger charge is 2.02. The van der Waals surface area contributed by atoms with Crippen LogP contribution in [0.4, 0.5) is 0 Å². The highest BCUT2D eigenvalue weighted by atomic mass is 127. The predicted molar refractivity (Wildman–Crippen MR) is 47.9 cm³/mol. The second kappa shape index (κ2) is 5.29. The van der Waals surface area contributed by atoms with Gasteiger partial charge in [-0.15, -0.1) is 0 Å². The van der Waals surface area contributed by atoms with E-state index in [4.69, 9.17) is 0 Å². The zero-order valence-corrected chi connectivity index (χ0v) is 9.90. The van der Waals surface area contributed by atoms with Gasteiger partial charge in [0, 0.05) is 10.7 Å². The molecule has 0 fully saturated rings. The SMILES string of the molecule is [I-].c1ccc(C[n+]2cscn2)cc1. The number of benzene rings is 1. The second-order valence-corrected chi connectivity index (χ2v) is 3.24. The number of aromatic nitrogens is 2. The van der Waals surface area contributed by atoms with Crippen molar-refractivity contribution in [1.82, 2.24) is 5.10 Å². The minimum Gasteiger partial charge on any atom is -1.00 e. The van der Waals surface area contributed by atoms with E-state index >= 15 is 0 Å². The van der Waals surface area contributed by atoms with E-state index in [1.807, 2.05) is 33.9 Å². The molecular weight excluding hydrogens is 295 g/mol. The molecule has 0 bridgehead atoms. The average Bonchev–Trinajstić information content (AvgIpc) is 2.59. The largest absolute Gasteiger partial charge is 1.00 e. The van der Waals surface area contributed by atoms with Crippen molar-refractivity contribution in [3.05, 3.63) is 46.9 Å². The lowest BCUT2D eigenvalue weighted by Gasteiger charge is -1.90. The van der Waals surface area contributed by atoms with Crippen LogP contribution in [0, 0.1) is 0 Å². The third-order valence-corrected chi connectivity index (χ3v) is 2.21. The predicted octanol–water partition coefficient (Wildman–Crippen LogP) is -1.52. The first-order chi connectivity index (χ1) is 5.95. The number of halogens is 1. The summed E-state index contributed by atoms with van der Waals surface area (Å²) in [5, 5.41) is 4.15. The standard InChI is InChI=1S/C9H9N2S.HI/c1-2-4-9(5-3-1)6-11-8-12-7-10-11;/h1-5,7-8H,6H2;1H/q+1;/p-1. The highest BCUT2D eigenvalue weighted by Crippen LogP contribution is 1.97. The first kappa shape index (κ1) is 10.6. The molecule has 0 spiro atoms. The Bertz CT molecular complexity index is 334. The molecule has 0 unspecified atom stereocenters. The van der Waals surface area contributed by atoms with E-state index in [1.54, 1.807) is 11.3 Å². The molecule has 0 aliphatic carbocycles. The summed E-state index contributed by atoms with van der Waals surface area (Å²) in [4.78, 5) is 0. The van der Waals surface area contributed by atoms with E-state index in [-0.39, 0.29) is 24.0 Å². The van der Waals surface area contributed by atoms with Crippen molar-refractivity contribution in [3.63, 3.8) is 0 Å². The molecule has 1 aromatic carbocycles. The molecule has 0 amide bonds. The quantitative estimate of drug-likeness (QED) is 0.487. The Labute approximate surface area is 98.3 Å². The highest BCUT2D eigenvalue weighted by molar-refractivity contribution is 7.06. The smallest absolute Gasteiger partial charge is 0.253 e. The van der Waals surface area contributed by atoms with Crippen LogP contribution in [0.2, 0.25) is 0 Å². The minimum atomic E-state index is 0. The Kier molecular flexibility index (Phi) is 4.31. The summed E-state index contributed by atoms with van der Waals surface area (Å²) in [7, 11) is 0. The van der Waals surface area contributed by atoms with Gasteiger partial charge in [-0.3, -0.25) is 0 Å². The lowest BCUT2D eigenvalue weighted by Crippen LogP contribution is -3.00. The van der Waals surface area contributed by atoms with Crippen LogP contribution in [0.15, 0.2) is 41.4 Å². The van der Waals surface area contributed by atoms with Crippen LogP contribution < -0.4 is 28.7 Å². The van der Waals surface area contributed by atoms with Gasteiger partial charge in [-0.05, 0) is 0 Å². The molecule has 0 aliphatic heterocycles. The molecule has 13 heavy (non-hydrogen) atoms. The van der Waals surface area contributed by atoms with Gasteiger partial charge in [0.2, 0.25) is 6.54 Å². The van der Waals surface area contributed by atoms with Gasteiger partial charge < -0.3 is 24.0 Å². The lowest BCUT2D eigenvalue weighted by molar-refractivity contribution is -0.740. The van der Waals surface area contributed by atoms with E-state index in [9.17, 15) is 0 Å². The second-order valence-electron chi connectivity index (χ2n) is 2.55. The average molecular weight is 304 g/mol. The van der Waals surface area contributed by atoms with Crippen molar-refractivity contribution in [1.29, 1.82) is 0 Å². The van der Waals surface area contributed by atoms with Gasteiger partial charge in [-0.2, -0.15) is 0 Å². The van der Waals surface area contributed by atoms with Crippen LogP contribution in [0.1, 0.15) is 5.56 Å². The lowest BCUT2D eigenvalue weighted by atomic mass is 10.2. The zero-order chi connectivity index (χ0) is 8.23. The molecular formula is C9H9IN2S. The van der Waals surface area contributed by atoms with Gasteiger partial charge in [0.25, 0.3) is 5.51 Å². The summed E-state index contributed by atoms with van der Waals surface area (Å²) in [6, 6.07) is 10.3. The summed E-state index contributed by atoms with van der Waals surface area (Å²) in [5.41, 5.74) is 5.13. The molecule has 0 atom stereocenters. The fourth-order valence-corrected chi connectivity index (χ4v) is 1.56. The first-order valence-electron chi connectivity index (χ1n) is 3.77. The van der Waals surface area contributed by atoms with Gasteiger partial charge in [-0.25, -0.2) is 0 Å². The van der Waals surface area contributed by atoms with E-state index in [0.29, 0.717) is 0 Å². The number of hydrogen-bond acceptors (Lipinski definition) is 2. The van der Waals surface area contributed by atoms with Crippen molar-refractivity contribution >= 4 is 11.3 Å². The molecule has 4 heteroatoms. The Morgan fingerprint density at radius 3 is 2.62 bits per heavy atom. The normalized spacial score (nSPS) is 9.23. The van der Waals surface area contributed by atoms with Gasteiger partial charge >= 0.3 is 0 Å². The summed E-state index contributed by atoms with van der Waals surface area (Å²) in [6.45, 7) is 0.865. The summed E-state index contributed by atoms with van der Waals surface area (Å²) in [5.74, 6) is 0. The van der Waals surface area contributed by atoms with Crippen LogP contribution in [0.3, 0.4) is 0 Å². The molecule has 2 rings (SSSR count). The molecule has 2 aromatic rings. The van der Waals surface area contributed by atoms with Gasteiger partial charge in [-0.1, -0.05) is 46.4 Å². The topological polar surface area (TPSA) is 16.8 Å². The maximum Gasteiger partial charge on any atom is 0.253 e. The van der Waals surface area contributed by atoms with Crippen LogP contribution in [-0.4, -0.2) is 5.10 Å². The zero-order valence-electron chi connectivity index (χ0n) is 6.93.